The van der Waals surface area contributed by atoms with Gasteiger partial charge in [0.05, 0.1) is 13.2 Å². The van der Waals surface area contributed by atoms with Crippen LogP contribution < -0.4 is 10.6 Å². The average Bonchev–Trinajstić information content (AvgIpc) is 2.17. The Kier molecular flexibility index (Phi) is 1.94. The summed E-state index contributed by atoms with van der Waals surface area (Å²) in [6, 6.07) is 0. The molecule has 70 valence electrons. The monoisotopic (exact) mass is 181 g/mol. The van der Waals surface area contributed by atoms with Crippen LogP contribution in [0.4, 0.5) is 4.79 Å². The van der Waals surface area contributed by atoms with Crippen LogP contribution in [0.15, 0.2) is 23.5 Å². The summed E-state index contributed by atoms with van der Waals surface area (Å²) in [5.74, 6) is 0. The molecule has 0 radical (unpaired) electrons. The highest BCUT2D eigenvalue weighted by atomic mass is 16.4. The van der Waals surface area contributed by atoms with E-state index >= 15 is 0 Å². The van der Waals surface area contributed by atoms with Gasteiger partial charge in [-0.1, -0.05) is 0 Å². The molecular formula is C8H11N3O2. The van der Waals surface area contributed by atoms with Crippen LogP contribution in [0, 0.1) is 0 Å². The van der Waals surface area contributed by atoms with Gasteiger partial charge in [-0.2, -0.15) is 0 Å². The molecule has 3 N–H and O–H groups in total. The second-order valence-corrected chi connectivity index (χ2v) is 3.02. The lowest BCUT2D eigenvalue weighted by molar-refractivity contribution is 0.165. The van der Waals surface area contributed by atoms with Crippen LogP contribution in [0.1, 0.15) is 0 Å². The van der Waals surface area contributed by atoms with E-state index in [1.807, 2.05) is 0 Å². The van der Waals surface area contributed by atoms with Crippen LogP contribution in [0.25, 0.3) is 0 Å². The van der Waals surface area contributed by atoms with E-state index in [1.165, 1.54) is 4.90 Å². The van der Waals surface area contributed by atoms with Gasteiger partial charge in [0.2, 0.25) is 0 Å². The molecule has 0 aromatic heterocycles. The van der Waals surface area contributed by atoms with Crippen molar-refractivity contribution >= 4 is 6.09 Å². The van der Waals surface area contributed by atoms with E-state index in [0.717, 1.165) is 24.5 Å². The average molecular weight is 181 g/mol. The molecule has 13 heavy (non-hydrogen) atoms. The number of amides is 1. The molecule has 2 heterocycles. The van der Waals surface area contributed by atoms with E-state index in [-0.39, 0.29) is 0 Å². The standard InChI is InChI=1S/C8H11N3O2/c12-8(13)11-2-1-7-6(4-11)3-9-5-10-7/h1-2,9-10H,3-5H2,(H,12,13). The minimum absolute atomic E-state index is 0.459. The highest BCUT2D eigenvalue weighted by molar-refractivity contribution is 5.67. The molecule has 2 rings (SSSR count). The molecule has 0 bridgehead atoms. The maximum atomic E-state index is 10.6. The molecule has 5 nitrogen and oxygen atoms in total. The summed E-state index contributed by atoms with van der Waals surface area (Å²) in [4.78, 5) is 11.9. The van der Waals surface area contributed by atoms with Crippen LogP contribution in [0.3, 0.4) is 0 Å². The number of allylic oxidation sites excluding steroid dienone is 1. The van der Waals surface area contributed by atoms with Gasteiger partial charge in [-0.3, -0.25) is 10.2 Å². The van der Waals surface area contributed by atoms with E-state index in [0.29, 0.717) is 6.54 Å². The van der Waals surface area contributed by atoms with E-state index in [2.05, 4.69) is 10.6 Å². The molecule has 2 aliphatic heterocycles. The second-order valence-electron chi connectivity index (χ2n) is 3.02. The zero-order valence-electron chi connectivity index (χ0n) is 7.08. The third-order valence-corrected chi connectivity index (χ3v) is 2.15. The van der Waals surface area contributed by atoms with E-state index in [4.69, 9.17) is 5.11 Å². The molecule has 0 unspecified atom stereocenters. The molecule has 0 aromatic rings. The molecule has 0 atom stereocenters. The van der Waals surface area contributed by atoms with Crippen molar-refractivity contribution in [3.8, 4) is 0 Å². The molecule has 0 fully saturated rings. The Bertz CT molecular complexity index is 296. The Hall–Kier alpha value is -1.49. The fourth-order valence-electron chi connectivity index (χ4n) is 1.46. The molecule has 0 saturated carbocycles. The summed E-state index contributed by atoms with van der Waals surface area (Å²) in [7, 11) is 0. The summed E-state index contributed by atoms with van der Waals surface area (Å²) >= 11 is 0. The molecule has 0 aliphatic carbocycles. The number of carbonyl (C=O) groups is 1. The maximum absolute atomic E-state index is 10.6. The maximum Gasteiger partial charge on any atom is 0.411 e. The molecule has 0 saturated heterocycles. The lowest BCUT2D eigenvalue weighted by Crippen LogP contribution is -2.42. The van der Waals surface area contributed by atoms with Crippen molar-refractivity contribution in [1.29, 1.82) is 0 Å². The molecule has 5 heteroatoms. The summed E-state index contributed by atoms with van der Waals surface area (Å²) in [6.45, 7) is 1.97. The van der Waals surface area contributed by atoms with Gasteiger partial charge in [0.15, 0.2) is 0 Å². The lowest BCUT2D eigenvalue weighted by atomic mass is 10.1. The first-order valence-corrected chi connectivity index (χ1v) is 4.12. The first-order valence-electron chi connectivity index (χ1n) is 4.12. The van der Waals surface area contributed by atoms with Gasteiger partial charge in [-0.15, -0.1) is 0 Å². The molecule has 2 aliphatic rings. The Morgan fingerprint density at radius 3 is 3.23 bits per heavy atom. The SMILES string of the molecule is O=C(O)N1C=CC2=C(CNCN2)C1. The second kappa shape index (κ2) is 3.10. The largest absolute Gasteiger partial charge is 0.465 e. The molecule has 1 amide bonds. The van der Waals surface area contributed by atoms with Crippen molar-refractivity contribution in [2.75, 3.05) is 19.8 Å². The third-order valence-electron chi connectivity index (χ3n) is 2.15. The summed E-state index contributed by atoms with van der Waals surface area (Å²) in [6.07, 6.45) is 2.47. The first-order chi connectivity index (χ1) is 6.27. The third kappa shape index (κ3) is 1.50. The smallest absolute Gasteiger partial charge is 0.411 e. The number of rotatable bonds is 0. The summed E-state index contributed by atoms with van der Waals surface area (Å²) in [5, 5.41) is 15.0. The van der Waals surface area contributed by atoms with Gasteiger partial charge in [-0.25, -0.2) is 4.79 Å². The Morgan fingerprint density at radius 2 is 2.46 bits per heavy atom. The highest BCUT2D eigenvalue weighted by Crippen LogP contribution is 2.14. The first kappa shape index (κ1) is 8.12. The van der Waals surface area contributed by atoms with Crippen LogP contribution in [0.2, 0.25) is 0 Å². The van der Waals surface area contributed by atoms with Crippen molar-refractivity contribution in [2.24, 2.45) is 0 Å². The Labute approximate surface area is 75.7 Å². The highest BCUT2D eigenvalue weighted by Gasteiger charge is 2.19. The summed E-state index contributed by atoms with van der Waals surface area (Å²) in [5.41, 5.74) is 2.15. The number of nitrogens with one attached hydrogen (secondary N) is 2. The fraction of sp³-hybridized carbons (Fsp3) is 0.375. The predicted octanol–water partition coefficient (Wildman–Crippen LogP) is -0.102. The number of carboxylic acid groups (broad SMARTS) is 1. The zero-order valence-corrected chi connectivity index (χ0v) is 7.08. The van der Waals surface area contributed by atoms with Gasteiger partial charge < -0.3 is 10.4 Å². The molecule has 0 spiro atoms. The molecule has 0 aromatic carbocycles. The number of nitrogens with zero attached hydrogens (tertiary/aromatic N) is 1. The van der Waals surface area contributed by atoms with Gasteiger partial charge in [-0.05, 0) is 11.6 Å². The van der Waals surface area contributed by atoms with Gasteiger partial charge in [0.25, 0.3) is 0 Å². The van der Waals surface area contributed by atoms with Gasteiger partial charge in [0, 0.05) is 18.4 Å². The van der Waals surface area contributed by atoms with Crippen molar-refractivity contribution in [2.45, 2.75) is 0 Å². The predicted molar refractivity (Wildman–Crippen MR) is 46.9 cm³/mol. The van der Waals surface area contributed by atoms with Gasteiger partial charge in [0.1, 0.15) is 0 Å². The lowest BCUT2D eigenvalue weighted by Gasteiger charge is -2.28. The van der Waals surface area contributed by atoms with E-state index < -0.39 is 6.09 Å². The minimum Gasteiger partial charge on any atom is -0.465 e. The van der Waals surface area contributed by atoms with Crippen LogP contribution in [-0.2, 0) is 0 Å². The number of hydrogen-bond acceptors (Lipinski definition) is 3. The molecular weight excluding hydrogens is 170 g/mol. The van der Waals surface area contributed by atoms with Crippen LogP contribution in [0.5, 0.6) is 0 Å². The van der Waals surface area contributed by atoms with Crippen molar-refractivity contribution in [1.82, 2.24) is 15.5 Å². The van der Waals surface area contributed by atoms with Crippen LogP contribution >= 0.6 is 0 Å². The normalized spacial score (nSPS) is 21.1. The van der Waals surface area contributed by atoms with Gasteiger partial charge >= 0.3 is 6.09 Å². The van der Waals surface area contributed by atoms with E-state index in [9.17, 15) is 4.79 Å². The quantitative estimate of drug-likeness (QED) is 0.488. The van der Waals surface area contributed by atoms with Crippen molar-refractivity contribution in [3.05, 3.63) is 23.5 Å². The Balaban J connectivity index is 2.15. The van der Waals surface area contributed by atoms with Crippen LogP contribution in [-0.4, -0.2) is 35.9 Å². The number of hydrogen-bond donors (Lipinski definition) is 3. The van der Waals surface area contributed by atoms with E-state index in [1.54, 1.807) is 12.3 Å². The zero-order chi connectivity index (χ0) is 9.26. The topological polar surface area (TPSA) is 64.6 Å². The summed E-state index contributed by atoms with van der Waals surface area (Å²) < 4.78 is 0. The fourth-order valence-corrected chi connectivity index (χ4v) is 1.46. The Morgan fingerprint density at radius 1 is 1.62 bits per heavy atom. The van der Waals surface area contributed by atoms with Crippen molar-refractivity contribution in [3.63, 3.8) is 0 Å². The minimum atomic E-state index is -0.909. The van der Waals surface area contributed by atoms with Crippen molar-refractivity contribution < 1.29 is 9.90 Å².